The molecule has 0 rings (SSSR count). The topological polar surface area (TPSA) is 72.7 Å². The molecule has 0 radical (unpaired) electrons. The van der Waals surface area contributed by atoms with Gasteiger partial charge >= 0.3 is 0 Å². The van der Waals surface area contributed by atoms with Crippen LogP contribution in [0.1, 0.15) is 0 Å². The molecule has 0 bridgehead atoms. The fourth-order valence-corrected chi connectivity index (χ4v) is 0.451. The van der Waals surface area contributed by atoms with Gasteiger partial charge in [0.2, 0.25) is 0 Å². The maximum Gasteiger partial charge on any atom is 0.0895 e. The normalized spacial score (nSPS) is 14.2. The van der Waals surface area contributed by atoms with Crippen LogP contribution in [0.4, 0.5) is 0 Å². The average molecular weight is 147 g/mol. The first-order valence-electron chi connectivity index (χ1n) is 3.10. The molecule has 0 aromatic carbocycles. The molecule has 0 amide bonds. The van der Waals surface area contributed by atoms with E-state index < -0.39 is 6.10 Å². The van der Waals surface area contributed by atoms with Crippen LogP contribution in [0.5, 0.6) is 0 Å². The Morgan fingerprint density at radius 3 is 2.70 bits per heavy atom. The molecule has 0 aromatic rings. The van der Waals surface area contributed by atoms with Crippen molar-refractivity contribution in [2.45, 2.75) is 6.10 Å². The number of aliphatic hydroxyl groups excluding tert-OH is 3. The van der Waals surface area contributed by atoms with E-state index in [2.05, 4.69) is 5.32 Å². The van der Waals surface area contributed by atoms with Gasteiger partial charge in [-0.05, 0) is 6.08 Å². The zero-order valence-corrected chi connectivity index (χ0v) is 5.70. The van der Waals surface area contributed by atoms with Crippen molar-refractivity contribution in [2.24, 2.45) is 0 Å². The highest BCUT2D eigenvalue weighted by Gasteiger charge is 1.97. The highest BCUT2D eigenvalue weighted by molar-refractivity contribution is 4.75. The molecule has 10 heavy (non-hydrogen) atoms. The molecule has 0 fully saturated rings. The van der Waals surface area contributed by atoms with Gasteiger partial charge in [0, 0.05) is 13.1 Å². The summed E-state index contributed by atoms with van der Waals surface area (Å²) in [6, 6.07) is 0. The lowest BCUT2D eigenvalue weighted by atomic mass is 10.4. The SMILES string of the molecule is OC=CCNCC(O)CO. The number of rotatable bonds is 5. The van der Waals surface area contributed by atoms with Gasteiger partial charge in [-0.15, -0.1) is 0 Å². The van der Waals surface area contributed by atoms with Gasteiger partial charge in [-0.25, -0.2) is 0 Å². The van der Waals surface area contributed by atoms with Crippen LogP contribution in [0.3, 0.4) is 0 Å². The van der Waals surface area contributed by atoms with Gasteiger partial charge in [-0.2, -0.15) is 0 Å². The Labute approximate surface area is 59.8 Å². The Balaban J connectivity index is 3.03. The minimum atomic E-state index is -0.716. The number of hydrogen-bond acceptors (Lipinski definition) is 4. The van der Waals surface area contributed by atoms with Crippen molar-refractivity contribution in [3.8, 4) is 0 Å². The van der Waals surface area contributed by atoms with Crippen LogP contribution in [-0.2, 0) is 0 Å². The molecule has 4 heteroatoms. The van der Waals surface area contributed by atoms with E-state index in [1.807, 2.05) is 0 Å². The van der Waals surface area contributed by atoms with Crippen LogP contribution in [0.25, 0.3) is 0 Å². The van der Waals surface area contributed by atoms with Crippen LogP contribution in [0, 0.1) is 0 Å². The molecule has 0 saturated heterocycles. The summed E-state index contributed by atoms with van der Waals surface area (Å²) < 4.78 is 0. The third-order valence-corrected chi connectivity index (χ3v) is 0.958. The van der Waals surface area contributed by atoms with Gasteiger partial charge in [-0.3, -0.25) is 0 Å². The Kier molecular flexibility index (Phi) is 6.16. The highest BCUT2D eigenvalue weighted by Crippen LogP contribution is 1.75. The first-order valence-corrected chi connectivity index (χ1v) is 3.10. The molecular weight excluding hydrogens is 134 g/mol. The maximum absolute atomic E-state index is 8.76. The molecule has 4 N–H and O–H groups in total. The summed E-state index contributed by atoms with van der Waals surface area (Å²) in [6.07, 6.45) is 1.72. The summed E-state index contributed by atoms with van der Waals surface area (Å²) in [5.41, 5.74) is 0. The maximum atomic E-state index is 8.76. The Hall–Kier alpha value is -0.580. The zero-order valence-electron chi connectivity index (χ0n) is 5.70. The lowest BCUT2D eigenvalue weighted by molar-refractivity contribution is 0.0953. The Morgan fingerprint density at radius 1 is 1.50 bits per heavy atom. The molecule has 1 atom stereocenters. The third kappa shape index (κ3) is 5.55. The van der Waals surface area contributed by atoms with Crippen LogP contribution in [0.15, 0.2) is 12.3 Å². The lowest BCUT2D eigenvalue weighted by Crippen LogP contribution is -2.29. The second-order valence-electron chi connectivity index (χ2n) is 1.88. The van der Waals surface area contributed by atoms with E-state index in [-0.39, 0.29) is 6.61 Å². The molecule has 0 heterocycles. The minimum absolute atomic E-state index is 0.240. The standard InChI is InChI=1S/C6H13NO3/c8-3-1-2-7-4-6(10)5-9/h1,3,6-10H,2,4-5H2. The van der Waals surface area contributed by atoms with E-state index in [0.29, 0.717) is 13.1 Å². The van der Waals surface area contributed by atoms with Crippen molar-refractivity contribution < 1.29 is 15.3 Å². The second kappa shape index (κ2) is 6.54. The Bertz CT molecular complexity index is 95.0. The zero-order chi connectivity index (χ0) is 7.82. The largest absolute Gasteiger partial charge is 0.516 e. The number of nitrogens with one attached hydrogen (secondary N) is 1. The van der Waals surface area contributed by atoms with Crippen molar-refractivity contribution in [3.63, 3.8) is 0 Å². The van der Waals surface area contributed by atoms with Crippen molar-refractivity contribution in [3.05, 3.63) is 12.3 Å². The summed E-state index contributed by atoms with van der Waals surface area (Å²) in [6.45, 7) is 0.588. The van der Waals surface area contributed by atoms with Gasteiger partial charge < -0.3 is 20.6 Å². The van der Waals surface area contributed by atoms with Crippen LogP contribution < -0.4 is 5.32 Å². The average Bonchev–Trinajstić information content (AvgIpc) is 1.98. The van der Waals surface area contributed by atoms with Gasteiger partial charge in [0.1, 0.15) is 0 Å². The molecule has 60 valence electrons. The quantitative estimate of drug-likeness (QED) is 0.297. The molecular formula is C6H13NO3. The molecule has 4 nitrogen and oxygen atoms in total. The monoisotopic (exact) mass is 147 g/mol. The molecule has 0 spiro atoms. The highest BCUT2D eigenvalue weighted by atomic mass is 16.3. The smallest absolute Gasteiger partial charge is 0.0895 e. The van der Waals surface area contributed by atoms with E-state index >= 15 is 0 Å². The first-order chi connectivity index (χ1) is 4.81. The fraction of sp³-hybridized carbons (Fsp3) is 0.667. The molecule has 0 saturated carbocycles. The van der Waals surface area contributed by atoms with Crippen molar-refractivity contribution in [1.82, 2.24) is 5.32 Å². The van der Waals surface area contributed by atoms with E-state index in [1.165, 1.54) is 6.08 Å². The lowest BCUT2D eigenvalue weighted by Gasteiger charge is -2.05. The van der Waals surface area contributed by atoms with Crippen molar-refractivity contribution >= 4 is 0 Å². The second-order valence-corrected chi connectivity index (χ2v) is 1.88. The predicted octanol–water partition coefficient (Wildman–Crippen LogP) is -0.999. The summed E-state index contributed by atoms with van der Waals surface area (Å²) in [7, 11) is 0. The minimum Gasteiger partial charge on any atom is -0.516 e. The van der Waals surface area contributed by atoms with Gasteiger partial charge in [-0.1, -0.05) is 0 Å². The molecule has 0 aliphatic rings. The Morgan fingerprint density at radius 2 is 2.20 bits per heavy atom. The summed E-state index contributed by atoms with van der Waals surface area (Å²) in [4.78, 5) is 0. The van der Waals surface area contributed by atoms with Gasteiger partial charge in [0.25, 0.3) is 0 Å². The summed E-state index contributed by atoms with van der Waals surface area (Å²) in [5, 5.41) is 28.0. The van der Waals surface area contributed by atoms with Crippen LogP contribution >= 0.6 is 0 Å². The van der Waals surface area contributed by atoms with E-state index in [9.17, 15) is 0 Å². The van der Waals surface area contributed by atoms with Gasteiger partial charge in [0.05, 0.1) is 19.0 Å². The van der Waals surface area contributed by atoms with Crippen molar-refractivity contribution in [2.75, 3.05) is 19.7 Å². The van der Waals surface area contributed by atoms with E-state index in [1.54, 1.807) is 0 Å². The van der Waals surface area contributed by atoms with Crippen LogP contribution in [-0.4, -0.2) is 41.1 Å². The van der Waals surface area contributed by atoms with Crippen molar-refractivity contribution in [1.29, 1.82) is 0 Å². The van der Waals surface area contributed by atoms with Gasteiger partial charge in [0.15, 0.2) is 0 Å². The molecule has 0 aromatic heterocycles. The fourth-order valence-electron chi connectivity index (χ4n) is 0.451. The van der Waals surface area contributed by atoms with Crippen LogP contribution in [0.2, 0.25) is 0 Å². The molecule has 1 unspecified atom stereocenters. The van der Waals surface area contributed by atoms with E-state index in [0.717, 1.165) is 6.26 Å². The third-order valence-electron chi connectivity index (χ3n) is 0.958. The molecule has 0 aliphatic heterocycles. The molecule has 0 aliphatic carbocycles. The predicted molar refractivity (Wildman–Crippen MR) is 37.7 cm³/mol. The first kappa shape index (κ1) is 9.42. The summed E-state index contributed by atoms with van der Waals surface area (Å²) >= 11 is 0. The number of aliphatic hydroxyl groups is 3. The summed E-state index contributed by atoms with van der Waals surface area (Å²) in [5.74, 6) is 0. The number of hydrogen-bond donors (Lipinski definition) is 4. The van der Waals surface area contributed by atoms with E-state index in [4.69, 9.17) is 15.3 Å².